The van der Waals surface area contributed by atoms with Crippen molar-refractivity contribution in [2.45, 2.75) is 25.7 Å². The standard InChI is InChI=1S/C19H17ClN2O3S2/c1-25-9-6-7-11-13(8-9)26-16(15(11)20)18(24)22-19-14(17(21)23)10-4-2-3-5-12(10)27-19/h6-8H,2-5H2,1H3,(H2,21,23)(H,22,24). The number of anilines is 1. The third-order valence-electron chi connectivity index (χ3n) is 4.69. The summed E-state index contributed by atoms with van der Waals surface area (Å²) in [6, 6.07) is 5.49. The highest BCUT2D eigenvalue weighted by atomic mass is 35.5. The molecule has 0 radical (unpaired) electrons. The molecule has 1 aromatic carbocycles. The molecule has 1 aliphatic rings. The Balaban J connectivity index is 1.71. The Hall–Kier alpha value is -2.09. The highest BCUT2D eigenvalue weighted by Gasteiger charge is 2.26. The van der Waals surface area contributed by atoms with Gasteiger partial charge >= 0.3 is 0 Å². The second-order valence-corrected chi connectivity index (χ2v) is 8.88. The molecule has 0 bridgehead atoms. The molecule has 1 aliphatic carbocycles. The molecule has 0 aliphatic heterocycles. The summed E-state index contributed by atoms with van der Waals surface area (Å²) in [6.45, 7) is 0. The minimum absolute atomic E-state index is 0.332. The smallest absolute Gasteiger partial charge is 0.267 e. The first kappa shape index (κ1) is 18.3. The number of benzene rings is 1. The van der Waals surface area contributed by atoms with E-state index in [0.29, 0.717) is 26.2 Å². The summed E-state index contributed by atoms with van der Waals surface area (Å²) in [5.41, 5.74) is 7.03. The monoisotopic (exact) mass is 420 g/mol. The second-order valence-electron chi connectivity index (χ2n) is 6.34. The first-order valence-electron chi connectivity index (χ1n) is 8.51. The lowest BCUT2D eigenvalue weighted by Crippen LogP contribution is -2.18. The molecule has 2 aromatic heterocycles. The van der Waals surface area contributed by atoms with Crippen LogP contribution in [0.5, 0.6) is 5.75 Å². The van der Waals surface area contributed by atoms with Gasteiger partial charge in [-0.25, -0.2) is 0 Å². The minimum atomic E-state index is -0.503. The molecule has 2 heterocycles. The van der Waals surface area contributed by atoms with Crippen LogP contribution in [0.3, 0.4) is 0 Å². The van der Waals surface area contributed by atoms with Gasteiger partial charge in [-0.3, -0.25) is 9.59 Å². The molecule has 0 saturated carbocycles. The number of hydrogen-bond donors (Lipinski definition) is 2. The molecule has 0 saturated heterocycles. The van der Waals surface area contributed by atoms with Crippen molar-refractivity contribution >= 4 is 61.2 Å². The Morgan fingerprint density at radius 2 is 2.00 bits per heavy atom. The molecule has 2 amide bonds. The van der Waals surface area contributed by atoms with Gasteiger partial charge in [0.2, 0.25) is 0 Å². The average molecular weight is 421 g/mol. The predicted molar refractivity (Wildman–Crippen MR) is 111 cm³/mol. The van der Waals surface area contributed by atoms with Crippen LogP contribution < -0.4 is 15.8 Å². The number of methoxy groups -OCH3 is 1. The van der Waals surface area contributed by atoms with E-state index in [1.807, 2.05) is 12.1 Å². The summed E-state index contributed by atoms with van der Waals surface area (Å²) in [4.78, 5) is 26.4. The van der Waals surface area contributed by atoms with E-state index in [0.717, 1.165) is 46.2 Å². The van der Waals surface area contributed by atoms with Gasteiger partial charge in [-0.1, -0.05) is 11.6 Å². The number of aryl methyl sites for hydroxylation is 1. The molecule has 27 heavy (non-hydrogen) atoms. The average Bonchev–Trinajstić information content (AvgIpc) is 3.18. The van der Waals surface area contributed by atoms with Gasteiger partial charge in [-0.05, 0) is 49.4 Å². The summed E-state index contributed by atoms with van der Waals surface area (Å²) < 4.78 is 6.10. The van der Waals surface area contributed by atoms with Gasteiger partial charge in [0.1, 0.15) is 15.6 Å². The van der Waals surface area contributed by atoms with Crippen LogP contribution in [0.25, 0.3) is 10.1 Å². The lowest BCUT2D eigenvalue weighted by Gasteiger charge is -2.11. The zero-order valence-corrected chi connectivity index (χ0v) is 16.9. The number of ether oxygens (including phenoxy) is 1. The molecule has 140 valence electrons. The van der Waals surface area contributed by atoms with Crippen LogP contribution in [0.15, 0.2) is 18.2 Å². The van der Waals surface area contributed by atoms with Crippen LogP contribution in [-0.4, -0.2) is 18.9 Å². The number of carbonyl (C=O) groups excluding carboxylic acids is 2. The van der Waals surface area contributed by atoms with Gasteiger partial charge < -0.3 is 15.8 Å². The van der Waals surface area contributed by atoms with Crippen LogP contribution in [0, 0.1) is 0 Å². The molecule has 3 aromatic rings. The summed E-state index contributed by atoms with van der Waals surface area (Å²) in [7, 11) is 1.59. The van der Waals surface area contributed by atoms with Crippen molar-refractivity contribution in [1.82, 2.24) is 0 Å². The number of nitrogens with one attached hydrogen (secondary N) is 1. The number of carbonyl (C=O) groups is 2. The van der Waals surface area contributed by atoms with Gasteiger partial charge in [-0.15, -0.1) is 22.7 Å². The maximum Gasteiger partial charge on any atom is 0.267 e. The van der Waals surface area contributed by atoms with Gasteiger partial charge in [0.25, 0.3) is 11.8 Å². The molecule has 5 nitrogen and oxygen atoms in total. The number of nitrogens with two attached hydrogens (primary N) is 1. The molecule has 0 unspecified atom stereocenters. The Labute approximate surface area is 169 Å². The number of thiophene rings is 2. The lowest BCUT2D eigenvalue weighted by molar-refractivity contribution is 0.100. The van der Waals surface area contributed by atoms with Gasteiger partial charge in [0.05, 0.1) is 17.7 Å². The number of rotatable bonds is 4. The summed E-state index contributed by atoms with van der Waals surface area (Å²) in [5.74, 6) is -0.132. The van der Waals surface area contributed by atoms with Crippen molar-refractivity contribution in [1.29, 1.82) is 0 Å². The van der Waals surface area contributed by atoms with Crippen LogP contribution in [0.1, 0.15) is 43.3 Å². The van der Waals surface area contributed by atoms with Crippen molar-refractivity contribution in [3.8, 4) is 5.75 Å². The Morgan fingerprint density at radius 3 is 2.74 bits per heavy atom. The maximum atomic E-state index is 12.9. The molecular weight excluding hydrogens is 404 g/mol. The van der Waals surface area contributed by atoms with Crippen LogP contribution in [0.2, 0.25) is 5.02 Å². The Bertz CT molecular complexity index is 1070. The zero-order valence-electron chi connectivity index (χ0n) is 14.6. The SMILES string of the molecule is COc1ccc2c(Cl)c(C(=O)Nc3sc4c(c3C(N)=O)CCCC4)sc2c1. The van der Waals surface area contributed by atoms with Crippen molar-refractivity contribution < 1.29 is 14.3 Å². The zero-order chi connectivity index (χ0) is 19.1. The molecular formula is C19H17ClN2O3S2. The topological polar surface area (TPSA) is 81.4 Å². The van der Waals surface area contributed by atoms with Crippen LogP contribution in [0.4, 0.5) is 5.00 Å². The summed E-state index contributed by atoms with van der Waals surface area (Å²) in [5, 5.41) is 4.59. The molecule has 0 spiro atoms. The Morgan fingerprint density at radius 1 is 1.22 bits per heavy atom. The van der Waals surface area contributed by atoms with E-state index in [9.17, 15) is 9.59 Å². The largest absolute Gasteiger partial charge is 0.497 e. The number of amides is 2. The van der Waals surface area contributed by atoms with Crippen molar-refractivity contribution in [2.75, 3.05) is 12.4 Å². The fourth-order valence-electron chi connectivity index (χ4n) is 3.39. The number of hydrogen-bond acceptors (Lipinski definition) is 5. The minimum Gasteiger partial charge on any atom is -0.497 e. The number of fused-ring (bicyclic) bond motifs is 2. The number of halogens is 1. The highest BCUT2D eigenvalue weighted by Crippen LogP contribution is 2.40. The fraction of sp³-hybridized carbons (Fsp3) is 0.263. The molecule has 3 N–H and O–H groups in total. The first-order valence-corrected chi connectivity index (χ1v) is 10.5. The van der Waals surface area contributed by atoms with Gasteiger partial charge in [-0.2, -0.15) is 0 Å². The van der Waals surface area contributed by atoms with Crippen molar-refractivity contribution in [2.24, 2.45) is 5.73 Å². The third kappa shape index (κ3) is 3.20. The summed E-state index contributed by atoms with van der Waals surface area (Å²) >= 11 is 9.17. The quantitative estimate of drug-likeness (QED) is 0.632. The van der Waals surface area contributed by atoms with E-state index in [2.05, 4.69) is 5.32 Å². The number of primary amides is 1. The van der Waals surface area contributed by atoms with E-state index in [-0.39, 0.29) is 5.91 Å². The maximum absolute atomic E-state index is 12.9. The van der Waals surface area contributed by atoms with E-state index >= 15 is 0 Å². The van der Waals surface area contributed by atoms with E-state index in [1.54, 1.807) is 13.2 Å². The van der Waals surface area contributed by atoms with Crippen LogP contribution >= 0.6 is 34.3 Å². The van der Waals surface area contributed by atoms with Gasteiger partial charge in [0.15, 0.2) is 0 Å². The Kier molecular flexibility index (Phi) is 4.84. The molecule has 4 rings (SSSR count). The molecule has 8 heteroatoms. The van der Waals surface area contributed by atoms with Crippen molar-refractivity contribution in [3.05, 3.63) is 44.1 Å². The van der Waals surface area contributed by atoms with Crippen LogP contribution in [-0.2, 0) is 12.8 Å². The summed E-state index contributed by atoms with van der Waals surface area (Å²) in [6.07, 6.45) is 3.85. The first-order chi connectivity index (χ1) is 13.0. The third-order valence-corrected chi connectivity index (χ3v) is 7.55. The van der Waals surface area contributed by atoms with E-state index in [1.165, 1.54) is 22.7 Å². The van der Waals surface area contributed by atoms with Gasteiger partial charge in [0, 0.05) is 15.0 Å². The van der Waals surface area contributed by atoms with Crippen molar-refractivity contribution in [3.63, 3.8) is 0 Å². The molecule has 0 atom stereocenters. The lowest BCUT2D eigenvalue weighted by atomic mass is 9.95. The predicted octanol–water partition coefficient (Wildman–Crippen LogP) is 4.85. The fourth-order valence-corrected chi connectivity index (χ4v) is 6.12. The normalized spacial score (nSPS) is 13.4. The molecule has 0 fully saturated rings. The van der Waals surface area contributed by atoms with E-state index < -0.39 is 5.91 Å². The highest BCUT2D eigenvalue weighted by molar-refractivity contribution is 7.22. The van der Waals surface area contributed by atoms with E-state index in [4.69, 9.17) is 22.1 Å². The second kappa shape index (κ2) is 7.14.